The van der Waals surface area contributed by atoms with Crippen LogP contribution in [0.4, 0.5) is 0 Å². The van der Waals surface area contributed by atoms with E-state index in [1.54, 1.807) is 18.2 Å². The number of carbonyl (C=O) groups is 2. The summed E-state index contributed by atoms with van der Waals surface area (Å²) in [5, 5.41) is 0. The van der Waals surface area contributed by atoms with Crippen LogP contribution in [0.25, 0.3) is 0 Å². The molecule has 7 nitrogen and oxygen atoms in total. The number of esters is 1. The first-order chi connectivity index (χ1) is 13.1. The molecule has 1 spiro atoms. The van der Waals surface area contributed by atoms with Crippen molar-refractivity contribution >= 4 is 11.8 Å². The molecule has 0 N–H and O–H groups in total. The Bertz CT molecular complexity index is 1010. The monoisotopic (exact) mass is 368 g/mol. The summed E-state index contributed by atoms with van der Waals surface area (Å²) in [6.45, 7) is 0.131. The number of hydrogen-bond donors (Lipinski definition) is 0. The molecule has 3 aliphatic rings. The number of ether oxygens (including phenoxy) is 5. The van der Waals surface area contributed by atoms with E-state index in [0.717, 1.165) is 5.56 Å². The van der Waals surface area contributed by atoms with Crippen LogP contribution in [0, 0.1) is 0 Å². The Morgan fingerprint density at radius 1 is 1.04 bits per heavy atom. The van der Waals surface area contributed by atoms with Crippen molar-refractivity contribution in [1.82, 2.24) is 0 Å². The van der Waals surface area contributed by atoms with Gasteiger partial charge in [0.1, 0.15) is 5.56 Å². The third kappa shape index (κ3) is 1.96. The van der Waals surface area contributed by atoms with Crippen LogP contribution >= 0.6 is 0 Å². The molecule has 2 heterocycles. The third-order valence-corrected chi connectivity index (χ3v) is 5.41. The van der Waals surface area contributed by atoms with Gasteiger partial charge in [-0.2, -0.15) is 0 Å². The molecule has 138 valence electrons. The summed E-state index contributed by atoms with van der Waals surface area (Å²) in [4.78, 5) is 26.1. The van der Waals surface area contributed by atoms with Gasteiger partial charge in [0.05, 0.1) is 14.2 Å². The van der Waals surface area contributed by atoms with E-state index in [-0.39, 0.29) is 23.9 Å². The molecule has 1 atom stereocenters. The van der Waals surface area contributed by atoms with Gasteiger partial charge in [-0.05, 0) is 36.2 Å². The van der Waals surface area contributed by atoms with Gasteiger partial charge in [-0.3, -0.25) is 4.79 Å². The highest BCUT2D eigenvalue weighted by Crippen LogP contribution is 2.51. The number of ketones is 1. The first-order valence-electron chi connectivity index (χ1n) is 8.55. The van der Waals surface area contributed by atoms with Gasteiger partial charge in [-0.25, -0.2) is 4.79 Å². The lowest BCUT2D eigenvalue weighted by molar-refractivity contribution is -0.00638. The minimum Gasteiger partial charge on any atom is -0.493 e. The molecule has 5 rings (SSSR count). The molecule has 27 heavy (non-hydrogen) atoms. The summed E-state index contributed by atoms with van der Waals surface area (Å²) in [7, 11) is 2.94. The Labute approximate surface area is 154 Å². The maximum Gasteiger partial charge on any atom is 0.343 e. The summed E-state index contributed by atoms with van der Waals surface area (Å²) in [6.07, 6.45) is 0.922. The van der Waals surface area contributed by atoms with Crippen LogP contribution in [0.3, 0.4) is 0 Å². The quantitative estimate of drug-likeness (QED) is 0.754. The molecule has 0 bridgehead atoms. The number of aryl methyl sites for hydroxylation is 1. The van der Waals surface area contributed by atoms with E-state index in [2.05, 4.69) is 0 Å². The molecule has 0 saturated carbocycles. The minimum atomic E-state index is -1.35. The zero-order valence-electron chi connectivity index (χ0n) is 14.8. The SMILES string of the molecule is COc1ccc2c(c1OC)C(=O)O[C@@]21CCc2cc3c(cc2C1=O)OCO3. The van der Waals surface area contributed by atoms with Crippen molar-refractivity contribution in [3.05, 3.63) is 46.5 Å². The average Bonchev–Trinajstić information content (AvgIpc) is 3.25. The van der Waals surface area contributed by atoms with E-state index >= 15 is 0 Å². The van der Waals surface area contributed by atoms with Crippen LogP contribution in [0.5, 0.6) is 23.0 Å². The van der Waals surface area contributed by atoms with E-state index in [1.165, 1.54) is 14.2 Å². The van der Waals surface area contributed by atoms with Crippen molar-refractivity contribution in [2.45, 2.75) is 18.4 Å². The largest absolute Gasteiger partial charge is 0.493 e. The van der Waals surface area contributed by atoms with Gasteiger partial charge in [-0.1, -0.05) is 0 Å². The van der Waals surface area contributed by atoms with Gasteiger partial charge >= 0.3 is 5.97 Å². The van der Waals surface area contributed by atoms with Gasteiger partial charge in [-0.15, -0.1) is 0 Å². The molecule has 2 aliphatic heterocycles. The van der Waals surface area contributed by atoms with E-state index in [0.29, 0.717) is 41.2 Å². The smallest absolute Gasteiger partial charge is 0.343 e. The highest BCUT2D eigenvalue weighted by Gasteiger charge is 2.55. The van der Waals surface area contributed by atoms with Crippen molar-refractivity contribution < 1.29 is 33.3 Å². The first kappa shape index (κ1) is 16.0. The highest BCUT2D eigenvalue weighted by molar-refractivity contribution is 6.12. The van der Waals surface area contributed by atoms with Gasteiger partial charge in [0.2, 0.25) is 18.2 Å². The Balaban J connectivity index is 1.68. The fourth-order valence-electron chi connectivity index (χ4n) is 4.13. The lowest BCUT2D eigenvalue weighted by atomic mass is 9.75. The van der Waals surface area contributed by atoms with Crippen LogP contribution in [0.15, 0.2) is 24.3 Å². The molecule has 0 aromatic heterocycles. The summed E-state index contributed by atoms with van der Waals surface area (Å²) in [6, 6.07) is 6.89. The standard InChI is InChI=1S/C20H16O7/c1-23-13-4-3-12-16(17(13)24-2)19(22)27-20(12)6-5-10-7-14-15(26-9-25-14)8-11(10)18(20)21/h3-4,7-8H,5-6,9H2,1-2H3/t20-/m0/s1. The summed E-state index contributed by atoms with van der Waals surface area (Å²) in [5.41, 5.74) is 0.751. The van der Waals surface area contributed by atoms with E-state index in [1.807, 2.05) is 6.07 Å². The second-order valence-corrected chi connectivity index (χ2v) is 6.63. The highest BCUT2D eigenvalue weighted by atomic mass is 16.7. The third-order valence-electron chi connectivity index (χ3n) is 5.41. The lowest BCUT2D eigenvalue weighted by Gasteiger charge is -2.32. The van der Waals surface area contributed by atoms with Crippen molar-refractivity contribution in [3.8, 4) is 23.0 Å². The summed E-state index contributed by atoms with van der Waals surface area (Å²) >= 11 is 0. The number of benzene rings is 2. The minimum absolute atomic E-state index is 0.131. The molecule has 7 heteroatoms. The van der Waals surface area contributed by atoms with Crippen molar-refractivity contribution in [3.63, 3.8) is 0 Å². The molecule has 0 amide bonds. The van der Waals surface area contributed by atoms with Gasteiger partial charge in [0.15, 0.2) is 23.0 Å². The molecule has 2 aromatic rings. The number of fused-ring (bicyclic) bond motifs is 4. The Kier molecular flexibility index (Phi) is 3.19. The summed E-state index contributed by atoms with van der Waals surface area (Å²) < 4.78 is 27.1. The Hall–Kier alpha value is -3.22. The van der Waals surface area contributed by atoms with E-state index in [9.17, 15) is 9.59 Å². The van der Waals surface area contributed by atoms with Crippen LogP contribution in [-0.2, 0) is 16.8 Å². The van der Waals surface area contributed by atoms with Crippen LogP contribution in [-0.4, -0.2) is 32.8 Å². The van der Waals surface area contributed by atoms with Crippen molar-refractivity contribution in [1.29, 1.82) is 0 Å². The topological polar surface area (TPSA) is 80.3 Å². The second kappa shape index (κ2) is 5.39. The molecular weight excluding hydrogens is 352 g/mol. The number of hydrogen-bond acceptors (Lipinski definition) is 7. The first-order valence-corrected chi connectivity index (χ1v) is 8.55. The molecule has 0 unspecified atom stereocenters. The zero-order valence-corrected chi connectivity index (χ0v) is 14.8. The van der Waals surface area contributed by atoms with Gasteiger partial charge in [0, 0.05) is 17.5 Å². The van der Waals surface area contributed by atoms with E-state index in [4.69, 9.17) is 23.7 Å². The molecule has 1 aliphatic carbocycles. The number of methoxy groups -OCH3 is 2. The van der Waals surface area contributed by atoms with Crippen LogP contribution in [0.2, 0.25) is 0 Å². The molecule has 0 fully saturated rings. The van der Waals surface area contributed by atoms with E-state index < -0.39 is 11.6 Å². The fourth-order valence-corrected chi connectivity index (χ4v) is 4.13. The fraction of sp³-hybridized carbons (Fsp3) is 0.300. The molecular formula is C20H16O7. The Morgan fingerprint density at radius 3 is 2.56 bits per heavy atom. The Morgan fingerprint density at radius 2 is 1.81 bits per heavy atom. The molecule has 0 saturated heterocycles. The predicted molar refractivity (Wildman–Crippen MR) is 91.9 cm³/mol. The zero-order chi connectivity index (χ0) is 18.8. The predicted octanol–water partition coefficient (Wildman–Crippen LogP) is 2.63. The number of Topliss-reactive ketones (excluding diaryl/α,β-unsaturated/α-hetero) is 1. The van der Waals surface area contributed by atoms with Gasteiger partial charge < -0.3 is 23.7 Å². The van der Waals surface area contributed by atoms with Gasteiger partial charge in [0.25, 0.3) is 0 Å². The second-order valence-electron chi connectivity index (χ2n) is 6.63. The van der Waals surface area contributed by atoms with Crippen LogP contribution in [0.1, 0.15) is 38.3 Å². The maximum atomic E-state index is 13.5. The maximum absolute atomic E-state index is 13.5. The van der Waals surface area contributed by atoms with Crippen molar-refractivity contribution in [2.75, 3.05) is 21.0 Å². The molecule has 2 aromatic carbocycles. The number of carbonyl (C=O) groups excluding carboxylic acids is 2. The number of rotatable bonds is 2. The average molecular weight is 368 g/mol. The van der Waals surface area contributed by atoms with Crippen molar-refractivity contribution in [2.24, 2.45) is 0 Å². The molecule has 0 radical (unpaired) electrons. The lowest BCUT2D eigenvalue weighted by Crippen LogP contribution is -2.40. The summed E-state index contributed by atoms with van der Waals surface area (Å²) in [5.74, 6) is 1.00. The van der Waals surface area contributed by atoms with Crippen LogP contribution < -0.4 is 18.9 Å². The normalized spacial score (nSPS) is 21.7.